The normalized spacial score (nSPS) is 10.9. The van der Waals surface area contributed by atoms with Gasteiger partial charge in [0, 0.05) is 12.7 Å². The molecule has 40 heavy (non-hydrogen) atoms. The van der Waals surface area contributed by atoms with E-state index in [0.717, 1.165) is 30.6 Å². The number of carbonyl (C=O) groups is 1. The molecule has 0 saturated carbocycles. The standard InChI is InChI=1S/C18H26O3.C18H38O/c1-3-4-5-6-7-8-15-21-18(19)14-11-16-9-12-17(20-2)13-10-16;1-2-3-4-5-6-7-8-9-10-11-12-13-14-15-16-17-18-19/h9-14H,3-8,15H2,1-2H3;19H,2-18H2,1H3. The van der Waals surface area contributed by atoms with Crippen molar-refractivity contribution < 1.29 is 19.4 Å². The molecule has 0 unspecified atom stereocenters. The maximum atomic E-state index is 11.5. The van der Waals surface area contributed by atoms with Crippen LogP contribution in [0.3, 0.4) is 0 Å². The number of methoxy groups -OCH3 is 1. The van der Waals surface area contributed by atoms with Gasteiger partial charge < -0.3 is 14.6 Å². The lowest BCUT2D eigenvalue weighted by molar-refractivity contribution is -0.137. The van der Waals surface area contributed by atoms with E-state index in [2.05, 4.69) is 13.8 Å². The third kappa shape index (κ3) is 27.7. The van der Waals surface area contributed by atoms with Gasteiger partial charge in [-0.2, -0.15) is 0 Å². The Balaban J connectivity index is 0.000000765. The highest BCUT2D eigenvalue weighted by Crippen LogP contribution is 2.14. The van der Waals surface area contributed by atoms with Gasteiger partial charge in [0.25, 0.3) is 0 Å². The lowest BCUT2D eigenvalue weighted by Gasteiger charge is -2.03. The molecule has 0 heterocycles. The van der Waals surface area contributed by atoms with Gasteiger partial charge in [-0.05, 0) is 36.6 Å². The number of benzene rings is 1. The highest BCUT2D eigenvalue weighted by molar-refractivity contribution is 5.87. The zero-order valence-corrected chi connectivity index (χ0v) is 26.6. The summed E-state index contributed by atoms with van der Waals surface area (Å²) >= 11 is 0. The van der Waals surface area contributed by atoms with E-state index >= 15 is 0 Å². The lowest BCUT2D eigenvalue weighted by atomic mass is 10.0. The van der Waals surface area contributed by atoms with Crippen molar-refractivity contribution in [3.63, 3.8) is 0 Å². The summed E-state index contributed by atoms with van der Waals surface area (Å²) in [5.41, 5.74) is 0.951. The first-order chi connectivity index (χ1) is 19.7. The van der Waals surface area contributed by atoms with Crippen LogP contribution in [0, 0.1) is 0 Å². The van der Waals surface area contributed by atoms with Crippen LogP contribution >= 0.6 is 0 Å². The Hall–Kier alpha value is -1.81. The third-order valence-electron chi connectivity index (χ3n) is 7.28. The number of hydrogen-bond donors (Lipinski definition) is 1. The number of esters is 1. The first-order valence-electron chi connectivity index (χ1n) is 16.8. The van der Waals surface area contributed by atoms with Crippen LogP contribution in [0.1, 0.15) is 161 Å². The van der Waals surface area contributed by atoms with Crippen LogP contribution < -0.4 is 4.74 Å². The molecule has 0 spiro atoms. The Labute approximate surface area is 248 Å². The molecule has 0 aliphatic heterocycles. The molecule has 0 aliphatic rings. The summed E-state index contributed by atoms with van der Waals surface area (Å²) in [6, 6.07) is 7.52. The zero-order valence-electron chi connectivity index (χ0n) is 26.6. The molecule has 0 saturated heterocycles. The minimum Gasteiger partial charge on any atom is -0.497 e. The molecule has 0 radical (unpaired) electrons. The first-order valence-corrected chi connectivity index (χ1v) is 16.8. The largest absolute Gasteiger partial charge is 0.497 e. The molecule has 4 heteroatoms. The van der Waals surface area contributed by atoms with Crippen molar-refractivity contribution in [1.29, 1.82) is 0 Å². The van der Waals surface area contributed by atoms with E-state index in [9.17, 15) is 4.79 Å². The fraction of sp³-hybridized carbons (Fsp3) is 0.750. The molecule has 0 atom stereocenters. The summed E-state index contributed by atoms with van der Waals surface area (Å²) < 4.78 is 10.2. The second-order valence-corrected chi connectivity index (χ2v) is 11.1. The molecule has 4 nitrogen and oxygen atoms in total. The topological polar surface area (TPSA) is 55.8 Å². The molecule has 232 valence electrons. The molecule has 0 aromatic heterocycles. The van der Waals surface area contributed by atoms with Crippen LogP contribution in [-0.2, 0) is 9.53 Å². The van der Waals surface area contributed by atoms with Crippen LogP contribution in [0.25, 0.3) is 6.08 Å². The minimum atomic E-state index is -0.278. The maximum Gasteiger partial charge on any atom is 0.330 e. The summed E-state index contributed by atoms with van der Waals surface area (Å²) in [5, 5.41) is 8.67. The Kier molecular flexibility index (Phi) is 30.3. The Morgan fingerprint density at radius 2 is 1.02 bits per heavy atom. The van der Waals surface area contributed by atoms with Crippen LogP contribution in [0.2, 0.25) is 0 Å². The van der Waals surface area contributed by atoms with Crippen molar-refractivity contribution in [3.8, 4) is 5.75 Å². The van der Waals surface area contributed by atoms with Gasteiger partial charge >= 0.3 is 5.97 Å². The highest BCUT2D eigenvalue weighted by Gasteiger charge is 1.98. The molecular formula is C36H64O4. The quantitative estimate of drug-likeness (QED) is 0.0695. The van der Waals surface area contributed by atoms with Gasteiger partial charge in [-0.1, -0.05) is 154 Å². The number of hydrogen-bond acceptors (Lipinski definition) is 4. The molecular weight excluding hydrogens is 496 g/mol. The summed E-state index contributed by atoms with van der Waals surface area (Å²) in [7, 11) is 1.63. The van der Waals surface area contributed by atoms with Crippen LogP contribution in [0.15, 0.2) is 30.3 Å². The maximum absolute atomic E-state index is 11.5. The molecule has 1 aromatic carbocycles. The number of ether oxygens (including phenoxy) is 2. The number of aliphatic hydroxyl groups is 1. The van der Waals surface area contributed by atoms with E-state index in [1.54, 1.807) is 13.2 Å². The van der Waals surface area contributed by atoms with Crippen molar-refractivity contribution >= 4 is 12.0 Å². The van der Waals surface area contributed by atoms with Gasteiger partial charge in [-0.3, -0.25) is 0 Å². The zero-order chi connectivity index (χ0) is 29.4. The molecule has 1 rings (SSSR count). The molecule has 0 aliphatic carbocycles. The Morgan fingerprint density at radius 3 is 1.43 bits per heavy atom. The molecule has 0 amide bonds. The predicted molar refractivity (Wildman–Crippen MR) is 173 cm³/mol. The van der Waals surface area contributed by atoms with Crippen LogP contribution in [0.5, 0.6) is 5.75 Å². The fourth-order valence-electron chi connectivity index (χ4n) is 4.64. The highest BCUT2D eigenvalue weighted by atomic mass is 16.5. The van der Waals surface area contributed by atoms with Crippen LogP contribution in [-0.4, -0.2) is 31.4 Å². The van der Waals surface area contributed by atoms with Crippen molar-refractivity contribution in [1.82, 2.24) is 0 Å². The molecule has 0 fully saturated rings. The smallest absolute Gasteiger partial charge is 0.330 e. The third-order valence-corrected chi connectivity index (χ3v) is 7.28. The average Bonchev–Trinajstić information content (AvgIpc) is 2.98. The monoisotopic (exact) mass is 560 g/mol. The average molecular weight is 561 g/mol. The van der Waals surface area contributed by atoms with E-state index in [1.165, 1.54) is 128 Å². The molecule has 0 bridgehead atoms. The van der Waals surface area contributed by atoms with Crippen molar-refractivity contribution in [3.05, 3.63) is 35.9 Å². The Bertz CT molecular complexity index is 652. The van der Waals surface area contributed by atoms with Gasteiger partial charge in [-0.15, -0.1) is 0 Å². The van der Waals surface area contributed by atoms with E-state index in [1.807, 2.05) is 24.3 Å². The second kappa shape index (κ2) is 31.7. The van der Waals surface area contributed by atoms with Crippen molar-refractivity contribution in [2.75, 3.05) is 20.3 Å². The summed E-state index contributed by atoms with van der Waals surface area (Å²) in [6.07, 6.45) is 32.5. The Morgan fingerprint density at radius 1 is 0.625 bits per heavy atom. The van der Waals surface area contributed by atoms with Gasteiger partial charge in [0.05, 0.1) is 13.7 Å². The predicted octanol–water partition coefficient (Wildman–Crippen LogP) is 10.9. The van der Waals surface area contributed by atoms with E-state index in [-0.39, 0.29) is 5.97 Å². The van der Waals surface area contributed by atoms with Gasteiger partial charge in [0.2, 0.25) is 0 Å². The minimum absolute atomic E-state index is 0.278. The van der Waals surface area contributed by atoms with Gasteiger partial charge in [0.1, 0.15) is 5.75 Å². The number of unbranched alkanes of at least 4 members (excludes halogenated alkanes) is 20. The van der Waals surface area contributed by atoms with Crippen LogP contribution in [0.4, 0.5) is 0 Å². The van der Waals surface area contributed by atoms with E-state index in [4.69, 9.17) is 14.6 Å². The second-order valence-electron chi connectivity index (χ2n) is 11.1. The SMILES string of the molecule is CCCCCCCCCCCCCCCCCCO.CCCCCCCCOC(=O)C=Cc1ccc(OC)cc1. The summed E-state index contributed by atoms with van der Waals surface area (Å²) in [5.74, 6) is 0.525. The molecule has 1 N–H and O–H groups in total. The number of rotatable bonds is 26. The summed E-state index contributed by atoms with van der Waals surface area (Å²) in [6.45, 7) is 5.37. The van der Waals surface area contributed by atoms with Crippen molar-refractivity contribution in [2.45, 2.75) is 155 Å². The van der Waals surface area contributed by atoms with E-state index in [0.29, 0.717) is 13.2 Å². The van der Waals surface area contributed by atoms with E-state index < -0.39 is 0 Å². The van der Waals surface area contributed by atoms with Gasteiger partial charge in [0.15, 0.2) is 0 Å². The lowest BCUT2D eigenvalue weighted by Crippen LogP contribution is -2.02. The number of carbonyl (C=O) groups excluding carboxylic acids is 1. The number of aliphatic hydroxyl groups excluding tert-OH is 1. The van der Waals surface area contributed by atoms with Crippen molar-refractivity contribution in [2.24, 2.45) is 0 Å². The molecule has 1 aromatic rings. The summed E-state index contributed by atoms with van der Waals surface area (Å²) in [4.78, 5) is 11.5. The fourth-order valence-corrected chi connectivity index (χ4v) is 4.64. The van der Waals surface area contributed by atoms with Gasteiger partial charge in [-0.25, -0.2) is 4.79 Å². The first kappa shape index (κ1) is 38.2.